The van der Waals surface area contributed by atoms with E-state index in [0.717, 1.165) is 19.4 Å². The van der Waals surface area contributed by atoms with Gasteiger partial charge in [0.2, 0.25) is 0 Å². The standard InChI is InChI=1S/C13H15Cl2NO/c1-9-4-2-3-7-16(9)13(17)11-6-5-10(14)8-12(11)15/h5-6,8-9H,2-4,7H2,1H3. The van der Waals surface area contributed by atoms with Crippen LogP contribution >= 0.6 is 23.2 Å². The van der Waals surface area contributed by atoms with Crippen LogP contribution in [0.25, 0.3) is 0 Å². The van der Waals surface area contributed by atoms with E-state index in [-0.39, 0.29) is 5.91 Å². The summed E-state index contributed by atoms with van der Waals surface area (Å²) in [5.41, 5.74) is 0.546. The molecule has 0 aliphatic carbocycles. The van der Waals surface area contributed by atoms with E-state index >= 15 is 0 Å². The molecule has 0 radical (unpaired) electrons. The van der Waals surface area contributed by atoms with Gasteiger partial charge in [-0.25, -0.2) is 0 Å². The molecule has 1 aromatic carbocycles. The van der Waals surface area contributed by atoms with Gasteiger partial charge in [-0.3, -0.25) is 4.79 Å². The Morgan fingerprint density at radius 2 is 2.12 bits per heavy atom. The molecule has 0 saturated carbocycles. The van der Waals surface area contributed by atoms with Crippen molar-refractivity contribution in [2.24, 2.45) is 0 Å². The van der Waals surface area contributed by atoms with Crippen molar-refractivity contribution >= 4 is 29.1 Å². The summed E-state index contributed by atoms with van der Waals surface area (Å²) in [6.45, 7) is 2.90. The van der Waals surface area contributed by atoms with Crippen LogP contribution in [0.5, 0.6) is 0 Å². The number of rotatable bonds is 1. The van der Waals surface area contributed by atoms with E-state index in [2.05, 4.69) is 6.92 Å². The topological polar surface area (TPSA) is 20.3 Å². The van der Waals surface area contributed by atoms with Crippen LogP contribution in [0.3, 0.4) is 0 Å². The second kappa shape index (κ2) is 5.28. The van der Waals surface area contributed by atoms with Crippen molar-refractivity contribution in [3.05, 3.63) is 33.8 Å². The van der Waals surface area contributed by atoms with Gasteiger partial charge in [-0.2, -0.15) is 0 Å². The van der Waals surface area contributed by atoms with E-state index in [1.54, 1.807) is 18.2 Å². The first-order valence-electron chi connectivity index (χ1n) is 5.85. The molecule has 0 aromatic heterocycles. The van der Waals surface area contributed by atoms with Crippen LogP contribution in [-0.4, -0.2) is 23.4 Å². The van der Waals surface area contributed by atoms with Gasteiger partial charge < -0.3 is 4.90 Å². The van der Waals surface area contributed by atoms with Crippen LogP contribution < -0.4 is 0 Å². The van der Waals surface area contributed by atoms with Crippen LogP contribution in [0.15, 0.2) is 18.2 Å². The van der Waals surface area contributed by atoms with E-state index in [1.807, 2.05) is 4.90 Å². The first-order valence-corrected chi connectivity index (χ1v) is 6.61. The summed E-state index contributed by atoms with van der Waals surface area (Å²) in [7, 11) is 0. The lowest BCUT2D eigenvalue weighted by Crippen LogP contribution is -2.42. The largest absolute Gasteiger partial charge is 0.336 e. The monoisotopic (exact) mass is 271 g/mol. The maximum absolute atomic E-state index is 12.3. The Morgan fingerprint density at radius 3 is 2.76 bits per heavy atom. The minimum atomic E-state index is 0.0128. The average molecular weight is 272 g/mol. The molecule has 1 unspecified atom stereocenters. The number of carbonyl (C=O) groups is 1. The number of amides is 1. The third-order valence-electron chi connectivity index (χ3n) is 3.23. The van der Waals surface area contributed by atoms with E-state index in [1.165, 1.54) is 6.42 Å². The fourth-order valence-corrected chi connectivity index (χ4v) is 2.71. The lowest BCUT2D eigenvalue weighted by Gasteiger charge is -2.33. The Hall–Kier alpha value is -0.730. The SMILES string of the molecule is CC1CCCCN1C(=O)c1ccc(Cl)cc1Cl. The van der Waals surface area contributed by atoms with Gasteiger partial charge in [0, 0.05) is 17.6 Å². The Kier molecular flexibility index (Phi) is 3.95. The molecule has 2 rings (SSSR count). The summed E-state index contributed by atoms with van der Waals surface area (Å²) in [6, 6.07) is 5.32. The predicted molar refractivity (Wildman–Crippen MR) is 70.8 cm³/mol. The zero-order valence-corrected chi connectivity index (χ0v) is 11.3. The van der Waals surface area contributed by atoms with Crippen LogP contribution in [0.4, 0.5) is 0 Å². The Labute approximate surface area is 112 Å². The molecule has 1 aromatic rings. The summed E-state index contributed by atoms with van der Waals surface area (Å²) in [5.74, 6) is 0.0128. The number of piperidine rings is 1. The van der Waals surface area contributed by atoms with Gasteiger partial charge >= 0.3 is 0 Å². The lowest BCUT2D eigenvalue weighted by atomic mass is 10.0. The predicted octanol–water partition coefficient (Wildman–Crippen LogP) is 4.01. The smallest absolute Gasteiger partial charge is 0.255 e. The van der Waals surface area contributed by atoms with Crippen molar-refractivity contribution in [2.45, 2.75) is 32.2 Å². The Morgan fingerprint density at radius 1 is 1.35 bits per heavy atom. The van der Waals surface area contributed by atoms with Gasteiger partial charge in [0.25, 0.3) is 5.91 Å². The number of nitrogens with zero attached hydrogens (tertiary/aromatic N) is 1. The fraction of sp³-hybridized carbons (Fsp3) is 0.462. The lowest BCUT2D eigenvalue weighted by molar-refractivity contribution is 0.0636. The molecule has 1 aliphatic rings. The third-order valence-corrected chi connectivity index (χ3v) is 3.77. The van der Waals surface area contributed by atoms with Crippen molar-refractivity contribution in [2.75, 3.05) is 6.54 Å². The molecule has 1 heterocycles. The second-order valence-corrected chi connectivity index (χ2v) is 5.31. The molecule has 4 heteroatoms. The second-order valence-electron chi connectivity index (χ2n) is 4.47. The quantitative estimate of drug-likeness (QED) is 0.756. The molecule has 0 spiro atoms. The van der Waals surface area contributed by atoms with E-state index in [9.17, 15) is 4.79 Å². The molecule has 1 atom stereocenters. The molecular weight excluding hydrogens is 257 g/mol. The maximum atomic E-state index is 12.3. The van der Waals surface area contributed by atoms with Gasteiger partial charge in [-0.05, 0) is 44.4 Å². The summed E-state index contributed by atoms with van der Waals surface area (Å²) in [5, 5.41) is 0.985. The third kappa shape index (κ3) is 2.75. The molecule has 0 N–H and O–H groups in total. The highest BCUT2D eigenvalue weighted by Crippen LogP contribution is 2.25. The van der Waals surface area contributed by atoms with Gasteiger partial charge in [-0.15, -0.1) is 0 Å². The van der Waals surface area contributed by atoms with Crippen molar-refractivity contribution in [1.29, 1.82) is 0 Å². The van der Waals surface area contributed by atoms with Gasteiger partial charge in [0.1, 0.15) is 0 Å². The number of benzene rings is 1. The average Bonchev–Trinajstić information content (AvgIpc) is 2.29. The number of carbonyl (C=O) groups excluding carboxylic acids is 1. The van der Waals surface area contributed by atoms with Crippen molar-refractivity contribution in [3.63, 3.8) is 0 Å². The first kappa shape index (κ1) is 12.7. The molecule has 2 nitrogen and oxygen atoms in total. The normalized spacial score (nSPS) is 20.4. The molecule has 0 bridgehead atoms. The number of hydrogen-bond acceptors (Lipinski definition) is 1. The zero-order valence-electron chi connectivity index (χ0n) is 9.75. The molecule has 1 fully saturated rings. The van der Waals surface area contributed by atoms with Crippen LogP contribution in [0.2, 0.25) is 10.0 Å². The van der Waals surface area contributed by atoms with Gasteiger partial charge in [0.15, 0.2) is 0 Å². The summed E-state index contributed by atoms with van der Waals surface area (Å²) < 4.78 is 0. The fourth-order valence-electron chi connectivity index (χ4n) is 2.22. The highest BCUT2D eigenvalue weighted by Gasteiger charge is 2.25. The molecule has 1 amide bonds. The van der Waals surface area contributed by atoms with Crippen molar-refractivity contribution in [1.82, 2.24) is 4.90 Å². The molecule has 92 valence electrons. The molecule has 17 heavy (non-hydrogen) atoms. The highest BCUT2D eigenvalue weighted by atomic mass is 35.5. The first-order chi connectivity index (χ1) is 8.09. The van der Waals surface area contributed by atoms with Crippen LogP contribution in [-0.2, 0) is 0 Å². The number of likely N-dealkylation sites (tertiary alicyclic amines) is 1. The number of halogens is 2. The van der Waals surface area contributed by atoms with E-state index < -0.39 is 0 Å². The Bertz CT molecular complexity index is 433. The molecule has 1 saturated heterocycles. The van der Waals surface area contributed by atoms with Crippen LogP contribution in [0.1, 0.15) is 36.5 Å². The zero-order chi connectivity index (χ0) is 12.4. The van der Waals surface area contributed by atoms with Crippen molar-refractivity contribution in [3.8, 4) is 0 Å². The molecule has 1 aliphatic heterocycles. The maximum Gasteiger partial charge on any atom is 0.255 e. The Balaban J connectivity index is 2.24. The van der Waals surface area contributed by atoms with E-state index in [4.69, 9.17) is 23.2 Å². The van der Waals surface area contributed by atoms with Crippen LogP contribution in [0, 0.1) is 0 Å². The molecular formula is C13H15Cl2NO. The summed E-state index contributed by atoms with van der Waals surface area (Å²) >= 11 is 11.9. The van der Waals surface area contributed by atoms with Gasteiger partial charge in [-0.1, -0.05) is 23.2 Å². The van der Waals surface area contributed by atoms with E-state index in [0.29, 0.717) is 21.7 Å². The van der Waals surface area contributed by atoms with Crippen molar-refractivity contribution < 1.29 is 4.79 Å². The summed E-state index contributed by atoms with van der Waals surface area (Å²) in [6.07, 6.45) is 3.33. The minimum absolute atomic E-state index is 0.0128. The summed E-state index contributed by atoms with van der Waals surface area (Å²) in [4.78, 5) is 14.2. The highest BCUT2D eigenvalue weighted by molar-refractivity contribution is 6.36. The number of hydrogen-bond donors (Lipinski definition) is 0. The van der Waals surface area contributed by atoms with Gasteiger partial charge in [0.05, 0.1) is 10.6 Å². The minimum Gasteiger partial charge on any atom is -0.336 e.